The van der Waals surface area contributed by atoms with Gasteiger partial charge in [0.1, 0.15) is 22.2 Å². The molecule has 0 saturated carbocycles. The summed E-state index contributed by atoms with van der Waals surface area (Å²) < 4.78 is 51.4. The van der Waals surface area contributed by atoms with E-state index in [0.717, 1.165) is 22.5 Å². The number of amides is 2. The van der Waals surface area contributed by atoms with Crippen LogP contribution in [0.4, 0.5) is 4.39 Å². The van der Waals surface area contributed by atoms with Gasteiger partial charge in [0.25, 0.3) is 11.8 Å². The quantitative estimate of drug-likeness (QED) is 0.504. The largest absolute Gasteiger partial charge is 0.494 e. The number of carbonyl (C=O) groups is 2. The first-order valence-corrected chi connectivity index (χ1v) is 11.9. The van der Waals surface area contributed by atoms with Gasteiger partial charge in [0.05, 0.1) is 6.61 Å². The second-order valence-corrected chi connectivity index (χ2v) is 8.75. The molecule has 0 bridgehead atoms. The predicted molar refractivity (Wildman–Crippen MR) is 120 cm³/mol. The molecule has 0 aliphatic rings. The Hall–Kier alpha value is -3.18. The van der Waals surface area contributed by atoms with Crippen LogP contribution in [0.5, 0.6) is 11.5 Å². The Bertz CT molecular complexity index is 1070. The van der Waals surface area contributed by atoms with Crippen LogP contribution < -0.4 is 20.3 Å². The summed E-state index contributed by atoms with van der Waals surface area (Å²) in [6, 6.07) is 9.63. The minimum Gasteiger partial charge on any atom is -0.494 e. The topological polar surface area (TPSA) is 114 Å². The number of hydrogen-bond donors (Lipinski definition) is 2. The van der Waals surface area contributed by atoms with Crippen LogP contribution in [0, 0.1) is 5.82 Å². The minimum atomic E-state index is -4.11. The third-order valence-corrected chi connectivity index (χ3v) is 6.70. The van der Waals surface area contributed by atoms with Crippen molar-refractivity contribution >= 4 is 21.8 Å². The van der Waals surface area contributed by atoms with Crippen LogP contribution in [0.25, 0.3) is 0 Å². The van der Waals surface area contributed by atoms with E-state index < -0.39 is 38.7 Å². The number of nitrogens with one attached hydrogen (secondary N) is 2. The zero-order valence-corrected chi connectivity index (χ0v) is 19.7. The molecular formula is C22H28FN3O6S. The summed E-state index contributed by atoms with van der Waals surface area (Å²) in [5.74, 6) is -1.34. The van der Waals surface area contributed by atoms with Crippen molar-refractivity contribution < 1.29 is 31.9 Å². The first-order valence-electron chi connectivity index (χ1n) is 10.4. The van der Waals surface area contributed by atoms with E-state index in [2.05, 4.69) is 10.9 Å². The fraction of sp³-hybridized carbons (Fsp3) is 0.364. The van der Waals surface area contributed by atoms with Gasteiger partial charge in [0.2, 0.25) is 10.0 Å². The lowest BCUT2D eigenvalue weighted by molar-refractivity contribution is -0.128. The molecule has 0 aromatic heterocycles. The number of nitrogens with zero attached hydrogens (tertiary/aromatic N) is 1. The van der Waals surface area contributed by atoms with E-state index in [4.69, 9.17) is 9.47 Å². The van der Waals surface area contributed by atoms with Crippen molar-refractivity contribution in [3.8, 4) is 11.5 Å². The average Bonchev–Trinajstić information content (AvgIpc) is 2.79. The van der Waals surface area contributed by atoms with Crippen molar-refractivity contribution in [2.24, 2.45) is 0 Å². The molecule has 0 aliphatic heterocycles. The Morgan fingerprint density at radius 1 is 1.00 bits per heavy atom. The molecule has 33 heavy (non-hydrogen) atoms. The van der Waals surface area contributed by atoms with E-state index in [-0.39, 0.29) is 18.7 Å². The van der Waals surface area contributed by atoms with Crippen LogP contribution in [-0.4, -0.2) is 50.3 Å². The van der Waals surface area contributed by atoms with Gasteiger partial charge in [-0.25, -0.2) is 12.8 Å². The van der Waals surface area contributed by atoms with Crippen LogP contribution in [0.3, 0.4) is 0 Å². The second-order valence-electron chi connectivity index (χ2n) is 6.84. The molecule has 2 N–H and O–H groups in total. The molecule has 0 spiro atoms. The van der Waals surface area contributed by atoms with Gasteiger partial charge in [-0.05, 0) is 56.3 Å². The summed E-state index contributed by atoms with van der Waals surface area (Å²) in [7, 11) is -4.11. The standard InChI is InChI=1S/C22H28FN3O6S/c1-5-26(6-2)33(29,30)20-14-16(8-13-19(20)23)22(28)25-24-21(27)15(4)32-18-11-9-17(10-12-18)31-7-3/h8-15H,5-7H2,1-4H3,(H,24,27)(H,25,28). The van der Waals surface area contributed by atoms with Crippen molar-refractivity contribution in [2.75, 3.05) is 19.7 Å². The van der Waals surface area contributed by atoms with E-state index in [1.54, 1.807) is 38.1 Å². The van der Waals surface area contributed by atoms with Crippen LogP contribution in [-0.2, 0) is 14.8 Å². The third kappa shape index (κ3) is 6.65. The lowest BCUT2D eigenvalue weighted by Crippen LogP contribution is -2.47. The normalized spacial score (nSPS) is 12.2. The van der Waals surface area contributed by atoms with Gasteiger partial charge in [-0.15, -0.1) is 0 Å². The zero-order valence-electron chi connectivity index (χ0n) is 18.9. The Kier molecular flexibility index (Phi) is 9.18. The molecule has 9 nitrogen and oxygen atoms in total. The van der Waals surface area contributed by atoms with Crippen molar-refractivity contribution in [1.82, 2.24) is 15.2 Å². The molecule has 2 rings (SSSR count). The number of rotatable bonds is 10. The molecular weight excluding hydrogens is 453 g/mol. The second kappa shape index (κ2) is 11.6. The van der Waals surface area contributed by atoms with Gasteiger partial charge >= 0.3 is 0 Å². The highest BCUT2D eigenvalue weighted by Gasteiger charge is 2.26. The summed E-state index contributed by atoms with van der Waals surface area (Å²) in [6.07, 6.45) is -0.949. The number of hydrazine groups is 1. The fourth-order valence-electron chi connectivity index (χ4n) is 2.88. The number of sulfonamides is 1. The maximum absolute atomic E-state index is 14.2. The smallest absolute Gasteiger partial charge is 0.279 e. The summed E-state index contributed by atoms with van der Waals surface area (Å²) in [5.41, 5.74) is 4.25. The first kappa shape index (κ1) is 26.1. The van der Waals surface area contributed by atoms with Gasteiger partial charge < -0.3 is 9.47 Å². The van der Waals surface area contributed by atoms with Gasteiger partial charge in [0.15, 0.2) is 6.10 Å². The van der Waals surface area contributed by atoms with E-state index in [1.807, 2.05) is 6.92 Å². The van der Waals surface area contributed by atoms with E-state index in [9.17, 15) is 22.4 Å². The van der Waals surface area contributed by atoms with Crippen LogP contribution >= 0.6 is 0 Å². The molecule has 11 heteroatoms. The van der Waals surface area contributed by atoms with Gasteiger partial charge in [-0.1, -0.05) is 13.8 Å². The summed E-state index contributed by atoms with van der Waals surface area (Å²) in [5, 5.41) is 0. The molecule has 180 valence electrons. The van der Waals surface area contributed by atoms with Crippen molar-refractivity contribution in [2.45, 2.75) is 38.7 Å². The minimum absolute atomic E-state index is 0.137. The summed E-state index contributed by atoms with van der Waals surface area (Å²) in [4.78, 5) is 24.1. The highest BCUT2D eigenvalue weighted by Crippen LogP contribution is 2.21. The lowest BCUT2D eigenvalue weighted by Gasteiger charge is -2.19. The monoisotopic (exact) mass is 481 g/mol. The van der Waals surface area contributed by atoms with Crippen molar-refractivity contribution in [1.29, 1.82) is 0 Å². The lowest BCUT2D eigenvalue weighted by atomic mass is 10.2. The average molecular weight is 482 g/mol. The van der Waals surface area contributed by atoms with Crippen LogP contribution in [0.2, 0.25) is 0 Å². The Morgan fingerprint density at radius 3 is 2.18 bits per heavy atom. The van der Waals surface area contributed by atoms with Gasteiger partial charge in [-0.2, -0.15) is 4.31 Å². The number of hydrogen-bond acceptors (Lipinski definition) is 6. The predicted octanol–water partition coefficient (Wildman–Crippen LogP) is 2.48. The van der Waals surface area contributed by atoms with Crippen LogP contribution in [0.15, 0.2) is 47.4 Å². The number of ether oxygens (including phenoxy) is 2. The number of carbonyl (C=O) groups excluding carboxylic acids is 2. The maximum atomic E-state index is 14.2. The van der Waals surface area contributed by atoms with Crippen LogP contribution in [0.1, 0.15) is 38.1 Å². The van der Waals surface area contributed by atoms with Gasteiger partial charge in [0, 0.05) is 18.7 Å². The molecule has 0 heterocycles. The molecule has 0 radical (unpaired) electrons. The Morgan fingerprint density at radius 2 is 1.61 bits per heavy atom. The molecule has 1 atom stereocenters. The van der Waals surface area contributed by atoms with E-state index >= 15 is 0 Å². The SMILES string of the molecule is CCOc1ccc(OC(C)C(=O)NNC(=O)c2ccc(F)c(S(=O)(=O)N(CC)CC)c2)cc1. The molecule has 0 saturated heterocycles. The third-order valence-electron chi connectivity index (χ3n) is 4.63. The molecule has 0 fully saturated rings. The molecule has 1 unspecified atom stereocenters. The molecule has 2 amide bonds. The Balaban J connectivity index is 2.03. The molecule has 0 aliphatic carbocycles. The molecule has 2 aromatic carbocycles. The van der Waals surface area contributed by atoms with Gasteiger partial charge in [-0.3, -0.25) is 20.4 Å². The summed E-state index contributed by atoms with van der Waals surface area (Å²) >= 11 is 0. The summed E-state index contributed by atoms with van der Waals surface area (Å²) in [6.45, 7) is 7.43. The molecule has 2 aromatic rings. The zero-order chi connectivity index (χ0) is 24.6. The fourth-order valence-corrected chi connectivity index (χ4v) is 4.42. The number of halogens is 1. The van der Waals surface area contributed by atoms with E-state index in [0.29, 0.717) is 18.1 Å². The van der Waals surface area contributed by atoms with E-state index in [1.165, 1.54) is 6.92 Å². The Labute approximate surface area is 192 Å². The highest BCUT2D eigenvalue weighted by atomic mass is 32.2. The number of benzene rings is 2. The maximum Gasteiger partial charge on any atom is 0.279 e. The first-order chi connectivity index (χ1) is 15.6. The van der Waals surface area contributed by atoms with Crippen molar-refractivity contribution in [3.63, 3.8) is 0 Å². The highest BCUT2D eigenvalue weighted by molar-refractivity contribution is 7.89. The van der Waals surface area contributed by atoms with Crippen molar-refractivity contribution in [3.05, 3.63) is 53.8 Å².